The van der Waals surface area contributed by atoms with Gasteiger partial charge in [-0.25, -0.2) is 4.79 Å². The highest BCUT2D eigenvalue weighted by molar-refractivity contribution is 7.10. The second-order valence-corrected chi connectivity index (χ2v) is 9.21. The average molecular weight is 488 g/mol. The topological polar surface area (TPSA) is 66.8 Å². The third-order valence-electron chi connectivity index (χ3n) is 6.10. The van der Waals surface area contributed by atoms with E-state index in [9.17, 15) is 9.59 Å². The molecular formula is C28H25NO5S. The summed E-state index contributed by atoms with van der Waals surface area (Å²) in [4.78, 5) is 26.5. The van der Waals surface area contributed by atoms with Gasteiger partial charge < -0.3 is 18.8 Å². The number of nitrogens with zero attached hydrogens (tertiary/aromatic N) is 1. The summed E-state index contributed by atoms with van der Waals surface area (Å²) in [5, 5.41) is 2.03. The highest BCUT2D eigenvalue weighted by atomic mass is 32.1. The molecule has 0 amide bonds. The van der Waals surface area contributed by atoms with E-state index in [1.807, 2.05) is 58.5 Å². The molecule has 5 rings (SSSR count). The quantitative estimate of drug-likeness (QED) is 0.323. The number of ether oxygens (including phenoxy) is 3. The number of carbonyl (C=O) groups is 1. The summed E-state index contributed by atoms with van der Waals surface area (Å²) in [5.41, 5.74) is 3.40. The largest absolute Gasteiger partial charge is 0.493 e. The lowest BCUT2D eigenvalue weighted by molar-refractivity contribution is 0.0523. The van der Waals surface area contributed by atoms with Crippen LogP contribution in [0, 0.1) is 0 Å². The van der Waals surface area contributed by atoms with E-state index in [1.165, 1.54) is 6.07 Å². The molecular weight excluding hydrogens is 462 g/mol. The summed E-state index contributed by atoms with van der Waals surface area (Å²) in [6.07, 6.45) is 2.31. The van der Waals surface area contributed by atoms with Crippen molar-refractivity contribution in [3.63, 3.8) is 0 Å². The van der Waals surface area contributed by atoms with E-state index in [-0.39, 0.29) is 23.6 Å². The zero-order chi connectivity index (χ0) is 24.4. The molecule has 0 bridgehead atoms. The summed E-state index contributed by atoms with van der Waals surface area (Å²) in [6, 6.07) is 19.4. The van der Waals surface area contributed by atoms with Crippen LogP contribution in [0.3, 0.4) is 0 Å². The predicted molar refractivity (Wildman–Crippen MR) is 136 cm³/mol. The fourth-order valence-corrected chi connectivity index (χ4v) is 5.25. The number of hydrogen-bond acceptors (Lipinski definition) is 6. The lowest BCUT2D eigenvalue weighted by atomic mass is 9.91. The van der Waals surface area contributed by atoms with Crippen molar-refractivity contribution in [1.82, 2.24) is 4.57 Å². The Morgan fingerprint density at radius 2 is 1.91 bits per heavy atom. The Labute approximate surface area is 207 Å². The SMILES string of the molecule is CCOC(=O)c1cn2c(cc1=O)-c1cc(OC)c(OCc3ccccc3)cc1CC2c1cccs1. The van der Waals surface area contributed by atoms with Crippen molar-refractivity contribution in [1.29, 1.82) is 0 Å². The van der Waals surface area contributed by atoms with Crippen molar-refractivity contribution in [2.24, 2.45) is 0 Å². The highest BCUT2D eigenvalue weighted by Crippen LogP contribution is 2.43. The first kappa shape index (κ1) is 22.9. The Hall–Kier alpha value is -3.84. The van der Waals surface area contributed by atoms with Crippen molar-refractivity contribution < 1.29 is 19.0 Å². The molecule has 1 unspecified atom stereocenters. The summed E-state index contributed by atoms with van der Waals surface area (Å²) < 4.78 is 18.9. The number of benzene rings is 2. The van der Waals surface area contributed by atoms with Crippen molar-refractivity contribution >= 4 is 17.3 Å². The number of rotatable bonds is 7. The molecule has 0 fully saturated rings. The standard InChI is InChI=1S/C28H25NO5S/c1-3-33-28(31)21-16-29-22(15-24(21)30)20-14-25(32-2)26(34-17-18-8-5-4-6-9-18)13-19(20)12-23(29)27-10-7-11-35-27/h4-11,13-16,23H,3,12,17H2,1-2H3. The van der Waals surface area contributed by atoms with E-state index >= 15 is 0 Å². The Bertz CT molecular complexity index is 1410. The van der Waals surface area contributed by atoms with Crippen LogP contribution in [-0.2, 0) is 17.8 Å². The fourth-order valence-electron chi connectivity index (χ4n) is 4.43. The number of aromatic nitrogens is 1. The Kier molecular flexibility index (Phi) is 6.42. The van der Waals surface area contributed by atoms with E-state index in [1.54, 1.807) is 31.6 Å². The first-order valence-corrected chi connectivity index (χ1v) is 12.3. The van der Waals surface area contributed by atoms with E-state index in [0.29, 0.717) is 24.5 Å². The van der Waals surface area contributed by atoms with Gasteiger partial charge in [0, 0.05) is 22.7 Å². The van der Waals surface area contributed by atoms with Crippen LogP contribution < -0.4 is 14.9 Å². The number of hydrogen-bond donors (Lipinski definition) is 0. The van der Waals surface area contributed by atoms with Crippen molar-refractivity contribution in [2.45, 2.75) is 26.0 Å². The van der Waals surface area contributed by atoms with Crippen LogP contribution in [0.25, 0.3) is 11.3 Å². The van der Waals surface area contributed by atoms with Gasteiger partial charge in [0.05, 0.1) is 25.5 Å². The summed E-state index contributed by atoms with van der Waals surface area (Å²) in [7, 11) is 1.60. The van der Waals surface area contributed by atoms with Crippen LogP contribution in [0.15, 0.2) is 77.0 Å². The molecule has 0 spiro atoms. The molecule has 2 aromatic heterocycles. The number of esters is 1. The molecule has 2 aromatic carbocycles. The van der Waals surface area contributed by atoms with Crippen molar-refractivity contribution in [3.05, 3.63) is 104 Å². The number of methoxy groups -OCH3 is 1. The molecule has 0 radical (unpaired) electrons. The zero-order valence-electron chi connectivity index (χ0n) is 19.5. The van der Waals surface area contributed by atoms with Crippen LogP contribution in [0.1, 0.15) is 39.3 Å². The number of carbonyl (C=O) groups excluding carboxylic acids is 1. The molecule has 1 aliphatic heterocycles. The third-order valence-corrected chi connectivity index (χ3v) is 7.07. The maximum Gasteiger partial charge on any atom is 0.343 e. The van der Waals surface area contributed by atoms with Crippen LogP contribution in [-0.4, -0.2) is 24.3 Å². The van der Waals surface area contributed by atoms with Gasteiger partial charge >= 0.3 is 5.97 Å². The molecule has 1 aliphatic rings. The molecule has 3 heterocycles. The van der Waals surface area contributed by atoms with Gasteiger partial charge in [-0.1, -0.05) is 36.4 Å². The second-order valence-electron chi connectivity index (χ2n) is 8.23. The summed E-state index contributed by atoms with van der Waals surface area (Å²) in [5.74, 6) is 0.632. The molecule has 0 saturated carbocycles. The molecule has 4 aromatic rings. The van der Waals surface area contributed by atoms with E-state index in [2.05, 4.69) is 6.07 Å². The predicted octanol–water partition coefficient (Wildman–Crippen LogP) is 5.49. The molecule has 35 heavy (non-hydrogen) atoms. The lowest BCUT2D eigenvalue weighted by Gasteiger charge is -2.31. The van der Waals surface area contributed by atoms with Gasteiger partial charge in [0.25, 0.3) is 0 Å². The maximum atomic E-state index is 12.9. The first-order valence-electron chi connectivity index (χ1n) is 11.4. The molecule has 0 N–H and O–H groups in total. The summed E-state index contributed by atoms with van der Waals surface area (Å²) >= 11 is 1.64. The zero-order valence-corrected chi connectivity index (χ0v) is 20.3. The van der Waals surface area contributed by atoms with Gasteiger partial charge in [-0.05, 0) is 48.1 Å². The van der Waals surface area contributed by atoms with Crippen molar-refractivity contribution in [2.75, 3.05) is 13.7 Å². The van der Waals surface area contributed by atoms with Gasteiger partial charge in [0.2, 0.25) is 0 Å². The molecule has 6 nitrogen and oxygen atoms in total. The van der Waals surface area contributed by atoms with Gasteiger partial charge in [-0.2, -0.15) is 0 Å². The molecule has 7 heteroatoms. The van der Waals surface area contributed by atoms with E-state index in [0.717, 1.165) is 27.3 Å². The smallest absolute Gasteiger partial charge is 0.343 e. The Morgan fingerprint density at radius 1 is 1.09 bits per heavy atom. The van der Waals surface area contributed by atoms with Crippen LogP contribution >= 0.6 is 11.3 Å². The number of fused-ring (bicyclic) bond motifs is 3. The maximum absolute atomic E-state index is 12.9. The average Bonchev–Trinajstić information content (AvgIpc) is 3.41. The second kappa shape index (κ2) is 9.80. The highest BCUT2D eigenvalue weighted by Gasteiger charge is 2.29. The van der Waals surface area contributed by atoms with Gasteiger partial charge in [-0.3, -0.25) is 4.79 Å². The minimum atomic E-state index is -0.606. The lowest BCUT2D eigenvalue weighted by Crippen LogP contribution is -2.26. The fraction of sp³-hybridized carbons (Fsp3) is 0.214. The van der Waals surface area contributed by atoms with Gasteiger partial charge in [0.15, 0.2) is 16.9 Å². The van der Waals surface area contributed by atoms with Crippen molar-refractivity contribution in [3.8, 4) is 22.8 Å². The normalized spacial score (nSPS) is 14.1. The third kappa shape index (κ3) is 4.47. The summed E-state index contributed by atoms with van der Waals surface area (Å²) in [6.45, 7) is 2.35. The molecule has 0 saturated heterocycles. The van der Waals surface area contributed by atoms with E-state index in [4.69, 9.17) is 14.2 Å². The molecule has 1 atom stereocenters. The first-order chi connectivity index (χ1) is 17.1. The van der Waals surface area contributed by atoms with Crippen LogP contribution in [0.5, 0.6) is 11.5 Å². The molecule has 178 valence electrons. The Morgan fingerprint density at radius 3 is 2.63 bits per heavy atom. The van der Waals surface area contributed by atoms with E-state index < -0.39 is 5.97 Å². The van der Waals surface area contributed by atoms with Crippen LogP contribution in [0.2, 0.25) is 0 Å². The Balaban J connectivity index is 1.61. The minimum Gasteiger partial charge on any atom is -0.493 e. The van der Waals surface area contributed by atoms with Gasteiger partial charge in [-0.15, -0.1) is 11.3 Å². The minimum absolute atomic E-state index is 0.0374. The van der Waals surface area contributed by atoms with Gasteiger partial charge in [0.1, 0.15) is 12.2 Å². The number of thiophene rings is 1. The van der Waals surface area contributed by atoms with Crippen LogP contribution in [0.4, 0.5) is 0 Å². The monoisotopic (exact) mass is 487 g/mol. The molecule has 0 aliphatic carbocycles. The number of pyridine rings is 1.